The summed E-state index contributed by atoms with van der Waals surface area (Å²) in [5.74, 6) is 0.423. The standard InChI is InChI=1S/C27H30N2O2/c1-19-14-24-20(2)12-13-28-26(24)25(15-19)27(30)29-16-22-10-6-7-11-23(22)18-31-17-21-8-4-3-5-9-21/h3-11,14-15,20,28H,12-13,16-18H2,1-2H3,(H,29,30). The fourth-order valence-corrected chi connectivity index (χ4v) is 4.14. The summed E-state index contributed by atoms with van der Waals surface area (Å²) in [6.07, 6.45) is 1.09. The molecular weight excluding hydrogens is 384 g/mol. The second-order valence-electron chi connectivity index (χ2n) is 8.32. The van der Waals surface area contributed by atoms with Crippen molar-refractivity contribution in [2.45, 2.75) is 45.9 Å². The van der Waals surface area contributed by atoms with Crippen molar-refractivity contribution in [3.8, 4) is 0 Å². The van der Waals surface area contributed by atoms with Gasteiger partial charge in [-0.15, -0.1) is 0 Å². The summed E-state index contributed by atoms with van der Waals surface area (Å²) in [6.45, 7) is 6.74. The molecule has 0 saturated carbocycles. The van der Waals surface area contributed by atoms with E-state index in [1.165, 1.54) is 5.56 Å². The summed E-state index contributed by atoms with van der Waals surface area (Å²) < 4.78 is 5.92. The normalized spacial score (nSPS) is 15.1. The van der Waals surface area contributed by atoms with Crippen LogP contribution in [0, 0.1) is 6.92 Å². The zero-order valence-electron chi connectivity index (χ0n) is 18.3. The van der Waals surface area contributed by atoms with Gasteiger partial charge in [-0.1, -0.05) is 67.6 Å². The Hall–Kier alpha value is -3.11. The number of benzene rings is 3. The Kier molecular flexibility index (Phi) is 6.68. The Bertz CT molecular complexity index is 1050. The number of ether oxygens (including phenoxy) is 1. The van der Waals surface area contributed by atoms with Crippen LogP contribution in [-0.2, 0) is 24.5 Å². The van der Waals surface area contributed by atoms with Crippen molar-refractivity contribution < 1.29 is 9.53 Å². The van der Waals surface area contributed by atoms with E-state index in [2.05, 4.69) is 48.7 Å². The Morgan fingerprint density at radius 1 is 1.03 bits per heavy atom. The maximum Gasteiger partial charge on any atom is 0.253 e. The predicted molar refractivity (Wildman–Crippen MR) is 125 cm³/mol. The van der Waals surface area contributed by atoms with E-state index in [0.29, 0.717) is 25.7 Å². The third-order valence-corrected chi connectivity index (χ3v) is 5.89. The van der Waals surface area contributed by atoms with Crippen LogP contribution in [0.4, 0.5) is 5.69 Å². The number of nitrogens with one attached hydrogen (secondary N) is 2. The summed E-state index contributed by atoms with van der Waals surface area (Å²) in [7, 11) is 0. The number of rotatable bonds is 7. The molecule has 1 aliphatic rings. The summed E-state index contributed by atoms with van der Waals surface area (Å²) in [4.78, 5) is 13.1. The maximum absolute atomic E-state index is 13.1. The predicted octanol–water partition coefficient (Wildman–Crippen LogP) is 5.56. The molecule has 4 nitrogen and oxygen atoms in total. The molecule has 160 valence electrons. The molecule has 1 aliphatic heterocycles. The van der Waals surface area contributed by atoms with Gasteiger partial charge in [0.05, 0.1) is 24.5 Å². The molecular formula is C27H30N2O2. The highest BCUT2D eigenvalue weighted by Gasteiger charge is 2.22. The molecule has 0 radical (unpaired) electrons. The zero-order valence-corrected chi connectivity index (χ0v) is 18.3. The van der Waals surface area contributed by atoms with Crippen molar-refractivity contribution in [2.75, 3.05) is 11.9 Å². The smallest absolute Gasteiger partial charge is 0.253 e. The summed E-state index contributed by atoms with van der Waals surface area (Å²) in [5, 5.41) is 6.56. The van der Waals surface area contributed by atoms with E-state index in [1.807, 2.05) is 42.5 Å². The minimum Gasteiger partial charge on any atom is -0.384 e. The largest absolute Gasteiger partial charge is 0.384 e. The van der Waals surface area contributed by atoms with E-state index in [9.17, 15) is 4.79 Å². The van der Waals surface area contributed by atoms with E-state index in [0.717, 1.165) is 46.5 Å². The van der Waals surface area contributed by atoms with Gasteiger partial charge in [-0.05, 0) is 53.1 Å². The molecule has 4 rings (SSSR count). The minimum atomic E-state index is -0.0402. The average Bonchev–Trinajstić information content (AvgIpc) is 2.79. The first-order chi connectivity index (χ1) is 15.1. The van der Waals surface area contributed by atoms with Gasteiger partial charge in [0.1, 0.15) is 0 Å². The van der Waals surface area contributed by atoms with E-state index >= 15 is 0 Å². The lowest BCUT2D eigenvalue weighted by Gasteiger charge is -2.26. The number of amides is 1. The van der Waals surface area contributed by atoms with Crippen LogP contribution < -0.4 is 10.6 Å². The van der Waals surface area contributed by atoms with Crippen LogP contribution in [0.1, 0.15) is 57.4 Å². The molecule has 1 heterocycles. The molecule has 0 spiro atoms. The van der Waals surface area contributed by atoms with Crippen LogP contribution in [0.15, 0.2) is 66.7 Å². The number of carbonyl (C=O) groups is 1. The van der Waals surface area contributed by atoms with Crippen LogP contribution >= 0.6 is 0 Å². The molecule has 31 heavy (non-hydrogen) atoms. The molecule has 1 unspecified atom stereocenters. The van der Waals surface area contributed by atoms with Crippen molar-refractivity contribution in [3.63, 3.8) is 0 Å². The number of aryl methyl sites for hydroxylation is 1. The van der Waals surface area contributed by atoms with Crippen LogP contribution in [0.3, 0.4) is 0 Å². The first-order valence-electron chi connectivity index (χ1n) is 11.0. The van der Waals surface area contributed by atoms with Gasteiger partial charge in [-0.25, -0.2) is 0 Å². The van der Waals surface area contributed by atoms with Gasteiger partial charge in [0.25, 0.3) is 5.91 Å². The van der Waals surface area contributed by atoms with Crippen molar-refractivity contribution in [3.05, 3.63) is 100 Å². The molecule has 0 aromatic heterocycles. The highest BCUT2D eigenvalue weighted by molar-refractivity contribution is 6.00. The summed E-state index contributed by atoms with van der Waals surface area (Å²) >= 11 is 0. The molecule has 3 aromatic rings. The SMILES string of the molecule is Cc1cc(C(=O)NCc2ccccc2COCc2ccccc2)c2c(c1)C(C)CCN2. The van der Waals surface area contributed by atoms with Crippen molar-refractivity contribution >= 4 is 11.6 Å². The first-order valence-corrected chi connectivity index (χ1v) is 11.0. The van der Waals surface area contributed by atoms with Crippen molar-refractivity contribution in [2.24, 2.45) is 0 Å². The lowest BCUT2D eigenvalue weighted by atomic mass is 9.89. The Morgan fingerprint density at radius 2 is 1.77 bits per heavy atom. The van der Waals surface area contributed by atoms with Crippen LogP contribution in [0.25, 0.3) is 0 Å². The van der Waals surface area contributed by atoms with Gasteiger partial charge in [0, 0.05) is 13.1 Å². The molecule has 4 heteroatoms. The van der Waals surface area contributed by atoms with Crippen LogP contribution in [0.2, 0.25) is 0 Å². The van der Waals surface area contributed by atoms with Crippen molar-refractivity contribution in [1.29, 1.82) is 0 Å². The van der Waals surface area contributed by atoms with Crippen molar-refractivity contribution in [1.82, 2.24) is 5.32 Å². The molecule has 1 atom stereocenters. The Balaban J connectivity index is 1.42. The van der Waals surface area contributed by atoms with Gasteiger partial charge in [-0.2, -0.15) is 0 Å². The highest BCUT2D eigenvalue weighted by Crippen LogP contribution is 2.34. The number of carbonyl (C=O) groups excluding carboxylic acids is 1. The lowest BCUT2D eigenvalue weighted by molar-refractivity contribution is 0.0948. The number of fused-ring (bicyclic) bond motifs is 1. The van der Waals surface area contributed by atoms with E-state index < -0.39 is 0 Å². The van der Waals surface area contributed by atoms with E-state index in [-0.39, 0.29) is 5.91 Å². The molecule has 0 saturated heterocycles. The van der Waals surface area contributed by atoms with Gasteiger partial charge in [0.2, 0.25) is 0 Å². The van der Waals surface area contributed by atoms with Gasteiger partial charge in [0.15, 0.2) is 0 Å². The Labute approximate surface area is 184 Å². The monoisotopic (exact) mass is 414 g/mol. The third kappa shape index (κ3) is 5.15. The minimum absolute atomic E-state index is 0.0402. The fraction of sp³-hybridized carbons (Fsp3) is 0.296. The molecule has 1 amide bonds. The molecule has 2 N–H and O–H groups in total. The van der Waals surface area contributed by atoms with Gasteiger partial charge in [-0.3, -0.25) is 4.79 Å². The van der Waals surface area contributed by atoms with Gasteiger partial charge < -0.3 is 15.4 Å². The second kappa shape index (κ2) is 9.80. The highest BCUT2D eigenvalue weighted by atomic mass is 16.5. The fourth-order valence-electron chi connectivity index (χ4n) is 4.14. The van der Waals surface area contributed by atoms with Gasteiger partial charge >= 0.3 is 0 Å². The molecule has 0 aliphatic carbocycles. The molecule has 0 fully saturated rings. The van der Waals surface area contributed by atoms with E-state index in [1.54, 1.807) is 0 Å². The quantitative estimate of drug-likeness (QED) is 0.532. The number of hydrogen-bond acceptors (Lipinski definition) is 3. The molecule has 0 bridgehead atoms. The summed E-state index contributed by atoms with van der Waals surface area (Å²) in [6, 6.07) is 22.4. The van der Waals surface area contributed by atoms with E-state index in [4.69, 9.17) is 4.74 Å². The van der Waals surface area contributed by atoms with Crippen LogP contribution in [-0.4, -0.2) is 12.5 Å². The van der Waals surface area contributed by atoms with Crippen LogP contribution in [0.5, 0.6) is 0 Å². The maximum atomic E-state index is 13.1. The first kappa shape index (κ1) is 21.1. The third-order valence-electron chi connectivity index (χ3n) is 5.89. The average molecular weight is 415 g/mol. The topological polar surface area (TPSA) is 50.4 Å². The lowest BCUT2D eigenvalue weighted by Crippen LogP contribution is -2.27. The number of hydrogen-bond donors (Lipinski definition) is 2. The second-order valence-corrected chi connectivity index (χ2v) is 8.32. The number of anilines is 1. The molecule has 3 aromatic carbocycles. The summed E-state index contributed by atoms with van der Waals surface area (Å²) in [5.41, 5.74) is 7.41. The zero-order chi connectivity index (χ0) is 21.6. The Morgan fingerprint density at radius 3 is 2.58 bits per heavy atom.